The topological polar surface area (TPSA) is 30.0 Å². The standard InChI is InChI=1S/C14H15NOS/c1-8-5-9(2)11(4)13(10(8)3)14(16)12-6-17-7-15-12/h5-7H,1-4H3. The number of aryl methyl sites for hydroxylation is 2. The fraction of sp³-hybridized carbons (Fsp3) is 0.286. The van der Waals surface area contributed by atoms with Crippen LogP contribution in [0.2, 0.25) is 0 Å². The maximum atomic E-state index is 12.4. The summed E-state index contributed by atoms with van der Waals surface area (Å²) in [5.41, 5.74) is 7.50. The Hall–Kier alpha value is -1.48. The SMILES string of the molecule is Cc1cc(C)c(C)c(C(=O)c2cscn2)c1C. The number of nitrogens with zero attached hydrogens (tertiary/aromatic N) is 1. The third kappa shape index (κ3) is 2.03. The lowest BCUT2D eigenvalue weighted by Crippen LogP contribution is -2.09. The van der Waals surface area contributed by atoms with E-state index in [0.29, 0.717) is 5.69 Å². The van der Waals surface area contributed by atoms with E-state index in [4.69, 9.17) is 0 Å². The van der Waals surface area contributed by atoms with Crippen LogP contribution in [-0.2, 0) is 0 Å². The molecule has 0 fully saturated rings. The number of ketones is 1. The van der Waals surface area contributed by atoms with Gasteiger partial charge in [-0.3, -0.25) is 4.79 Å². The molecule has 0 aliphatic heterocycles. The van der Waals surface area contributed by atoms with E-state index in [1.165, 1.54) is 11.3 Å². The van der Waals surface area contributed by atoms with Gasteiger partial charge in [-0.05, 0) is 49.9 Å². The molecule has 1 aromatic heterocycles. The van der Waals surface area contributed by atoms with E-state index in [2.05, 4.69) is 11.1 Å². The van der Waals surface area contributed by atoms with Crippen molar-refractivity contribution in [1.82, 2.24) is 4.98 Å². The molecule has 3 heteroatoms. The predicted octanol–water partition coefficient (Wildman–Crippen LogP) is 3.61. The Kier molecular flexibility index (Phi) is 3.11. The van der Waals surface area contributed by atoms with Crippen LogP contribution in [0.5, 0.6) is 0 Å². The Bertz CT molecular complexity index is 544. The number of aromatic nitrogens is 1. The number of hydrogen-bond acceptors (Lipinski definition) is 3. The average Bonchev–Trinajstić information content (AvgIpc) is 2.80. The van der Waals surface area contributed by atoms with Gasteiger partial charge in [-0.15, -0.1) is 11.3 Å². The minimum absolute atomic E-state index is 0.0352. The predicted molar refractivity (Wildman–Crippen MR) is 70.9 cm³/mol. The van der Waals surface area contributed by atoms with Gasteiger partial charge in [0.05, 0.1) is 5.51 Å². The van der Waals surface area contributed by atoms with Gasteiger partial charge < -0.3 is 0 Å². The van der Waals surface area contributed by atoms with Crippen LogP contribution >= 0.6 is 11.3 Å². The highest BCUT2D eigenvalue weighted by molar-refractivity contribution is 7.07. The van der Waals surface area contributed by atoms with Crippen LogP contribution in [0, 0.1) is 27.7 Å². The van der Waals surface area contributed by atoms with Crippen molar-refractivity contribution >= 4 is 17.1 Å². The van der Waals surface area contributed by atoms with E-state index in [1.54, 1.807) is 10.9 Å². The normalized spacial score (nSPS) is 10.6. The summed E-state index contributed by atoms with van der Waals surface area (Å²) in [6.07, 6.45) is 0. The quantitative estimate of drug-likeness (QED) is 0.756. The molecule has 2 aromatic rings. The molecule has 0 bridgehead atoms. The van der Waals surface area contributed by atoms with Crippen LogP contribution in [-0.4, -0.2) is 10.8 Å². The molecule has 0 aliphatic rings. The number of thiazole rings is 1. The molecule has 0 spiro atoms. The molecule has 0 saturated carbocycles. The molecule has 88 valence electrons. The van der Waals surface area contributed by atoms with Crippen molar-refractivity contribution in [1.29, 1.82) is 0 Å². The second-order valence-corrected chi connectivity index (χ2v) is 5.06. The first-order chi connectivity index (χ1) is 8.02. The first-order valence-electron chi connectivity index (χ1n) is 5.52. The van der Waals surface area contributed by atoms with Gasteiger partial charge >= 0.3 is 0 Å². The molecule has 0 N–H and O–H groups in total. The van der Waals surface area contributed by atoms with Crippen LogP contribution in [0.1, 0.15) is 38.3 Å². The Morgan fingerprint density at radius 1 is 1.12 bits per heavy atom. The summed E-state index contributed by atoms with van der Waals surface area (Å²) in [7, 11) is 0. The minimum atomic E-state index is 0.0352. The Morgan fingerprint density at radius 3 is 2.18 bits per heavy atom. The molecule has 0 radical (unpaired) electrons. The van der Waals surface area contributed by atoms with E-state index in [-0.39, 0.29) is 5.78 Å². The summed E-state index contributed by atoms with van der Waals surface area (Å²) < 4.78 is 0. The fourth-order valence-corrected chi connectivity index (χ4v) is 2.54. The van der Waals surface area contributed by atoms with Gasteiger partial charge in [0.25, 0.3) is 0 Å². The van der Waals surface area contributed by atoms with E-state index >= 15 is 0 Å². The van der Waals surface area contributed by atoms with Gasteiger partial charge in [0.2, 0.25) is 5.78 Å². The van der Waals surface area contributed by atoms with Crippen molar-refractivity contribution in [2.75, 3.05) is 0 Å². The molecule has 0 atom stereocenters. The van der Waals surface area contributed by atoms with Crippen molar-refractivity contribution in [3.63, 3.8) is 0 Å². The van der Waals surface area contributed by atoms with E-state index in [1.807, 2.05) is 27.7 Å². The molecule has 1 aromatic carbocycles. The highest BCUT2D eigenvalue weighted by Gasteiger charge is 2.18. The minimum Gasteiger partial charge on any atom is -0.287 e. The number of rotatable bonds is 2. The average molecular weight is 245 g/mol. The molecule has 2 nitrogen and oxygen atoms in total. The maximum Gasteiger partial charge on any atom is 0.212 e. The summed E-state index contributed by atoms with van der Waals surface area (Å²) in [4.78, 5) is 16.5. The van der Waals surface area contributed by atoms with Gasteiger partial charge in [-0.1, -0.05) is 6.07 Å². The van der Waals surface area contributed by atoms with E-state index < -0.39 is 0 Å². The van der Waals surface area contributed by atoms with Crippen molar-refractivity contribution in [3.8, 4) is 0 Å². The zero-order valence-corrected chi connectivity index (χ0v) is 11.3. The highest BCUT2D eigenvalue weighted by atomic mass is 32.1. The smallest absolute Gasteiger partial charge is 0.212 e. The summed E-state index contributed by atoms with van der Waals surface area (Å²) in [6.45, 7) is 8.09. The van der Waals surface area contributed by atoms with Crippen LogP contribution in [0.15, 0.2) is 17.0 Å². The Morgan fingerprint density at radius 2 is 1.71 bits per heavy atom. The summed E-state index contributed by atoms with van der Waals surface area (Å²) in [5.74, 6) is 0.0352. The van der Waals surface area contributed by atoms with Crippen molar-refractivity contribution < 1.29 is 4.79 Å². The molecular formula is C14H15NOS. The van der Waals surface area contributed by atoms with Gasteiger partial charge in [0.1, 0.15) is 5.69 Å². The molecule has 0 unspecified atom stereocenters. The summed E-state index contributed by atoms with van der Waals surface area (Å²) in [5, 5.41) is 1.80. The highest BCUT2D eigenvalue weighted by Crippen LogP contribution is 2.24. The number of hydrogen-bond donors (Lipinski definition) is 0. The second kappa shape index (κ2) is 4.41. The van der Waals surface area contributed by atoms with Crippen LogP contribution in [0.4, 0.5) is 0 Å². The lowest BCUT2D eigenvalue weighted by Gasteiger charge is -2.13. The first-order valence-corrected chi connectivity index (χ1v) is 6.47. The Balaban J connectivity index is 2.63. The van der Waals surface area contributed by atoms with Gasteiger partial charge in [0, 0.05) is 10.9 Å². The molecule has 2 rings (SSSR count). The molecule has 1 heterocycles. The van der Waals surface area contributed by atoms with Crippen LogP contribution in [0.25, 0.3) is 0 Å². The third-order valence-electron chi connectivity index (χ3n) is 3.26. The van der Waals surface area contributed by atoms with E-state index in [0.717, 1.165) is 27.8 Å². The van der Waals surface area contributed by atoms with Crippen LogP contribution in [0.3, 0.4) is 0 Å². The molecule has 0 amide bonds. The zero-order valence-electron chi connectivity index (χ0n) is 10.5. The van der Waals surface area contributed by atoms with Gasteiger partial charge in [-0.2, -0.15) is 0 Å². The maximum absolute atomic E-state index is 12.4. The number of benzene rings is 1. The number of carbonyl (C=O) groups excluding carboxylic acids is 1. The fourth-order valence-electron chi connectivity index (χ4n) is 2.01. The zero-order chi connectivity index (χ0) is 12.6. The molecule has 0 aliphatic carbocycles. The summed E-state index contributed by atoms with van der Waals surface area (Å²) >= 11 is 1.45. The lowest BCUT2D eigenvalue weighted by atomic mass is 9.91. The van der Waals surface area contributed by atoms with E-state index in [9.17, 15) is 4.79 Å². The number of carbonyl (C=O) groups is 1. The van der Waals surface area contributed by atoms with Crippen molar-refractivity contribution in [2.24, 2.45) is 0 Å². The second-order valence-electron chi connectivity index (χ2n) is 4.34. The van der Waals surface area contributed by atoms with Crippen molar-refractivity contribution in [3.05, 3.63) is 50.5 Å². The van der Waals surface area contributed by atoms with Gasteiger partial charge in [0.15, 0.2) is 0 Å². The Labute approximate surface area is 105 Å². The molecular weight excluding hydrogens is 230 g/mol. The van der Waals surface area contributed by atoms with Crippen LogP contribution < -0.4 is 0 Å². The van der Waals surface area contributed by atoms with Crippen molar-refractivity contribution in [2.45, 2.75) is 27.7 Å². The summed E-state index contributed by atoms with van der Waals surface area (Å²) in [6, 6.07) is 2.13. The lowest BCUT2D eigenvalue weighted by molar-refractivity contribution is 0.103. The first kappa shape index (κ1) is 12.0. The molecule has 0 saturated heterocycles. The van der Waals surface area contributed by atoms with Gasteiger partial charge in [-0.25, -0.2) is 4.98 Å². The molecule has 17 heavy (non-hydrogen) atoms. The third-order valence-corrected chi connectivity index (χ3v) is 3.84. The largest absolute Gasteiger partial charge is 0.287 e. The monoisotopic (exact) mass is 245 g/mol.